The van der Waals surface area contributed by atoms with Gasteiger partial charge in [0.15, 0.2) is 0 Å². The van der Waals surface area contributed by atoms with Gasteiger partial charge in [0, 0.05) is 56.9 Å². The van der Waals surface area contributed by atoms with Gasteiger partial charge < -0.3 is 15.5 Å². The van der Waals surface area contributed by atoms with Crippen LogP contribution in [0.4, 0.5) is 23.0 Å². The second-order valence-corrected chi connectivity index (χ2v) is 7.69. The Labute approximate surface area is 186 Å². The van der Waals surface area contributed by atoms with Gasteiger partial charge in [-0.1, -0.05) is 6.07 Å². The maximum absolute atomic E-state index is 11.5. The number of pyridine rings is 1. The summed E-state index contributed by atoms with van der Waals surface area (Å²) >= 11 is 0. The second kappa shape index (κ2) is 10.2. The van der Waals surface area contributed by atoms with Gasteiger partial charge in [0.05, 0.1) is 10.4 Å². The van der Waals surface area contributed by atoms with Crippen molar-refractivity contribution in [3.05, 3.63) is 53.0 Å². The largest absolute Gasteiger partial charge is 0.380 e. The summed E-state index contributed by atoms with van der Waals surface area (Å²) in [7, 11) is 0. The van der Waals surface area contributed by atoms with Crippen molar-refractivity contribution in [3.63, 3.8) is 0 Å². The number of fused-ring (bicyclic) bond motifs is 1. The van der Waals surface area contributed by atoms with Crippen LogP contribution in [0.3, 0.4) is 0 Å². The van der Waals surface area contributed by atoms with Crippen LogP contribution < -0.4 is 15.5 Å². The van der Waals surface area contributed by atoms with E-state index in [1.54, 1.807) is 12.1 Å². The lowest BCUT2D eigenvalue weighted by Gasteiger charge is -2.35. The number of nitrogens with one attached hydrogen (secondary N) is 2. The Morgan fingerprint density at radius 1 is 1.09 bits per heavy atom. The van der Waals surface area contributed by atoms with E-state index in [2.05, 4.69) is 41.5 Å². The summed E-state index contributed by atoms with van der Waals surface area (Å²) in [5, 5.41) is 18.5. The molecule has 0 spiro atoms. The van der Waals surface area contributed by atoms with E-state index < -0.39 is 0 Å². The first kappa shape index (κ1) is 21.7. The van der Waals surface area contributed by atoms with E-state index in [0.29, 0.717) is 29.0 Å². The van der Waals surface area contributed by atoms with E-state index in [1.807, 2.05) is 25.3 Å². The molecule has 168 valence electrons. The number of aromatic nitrogens is 3. The highest BCUT2D eigenvalue weighted by Crippen LogP contribution is 2.31. The summed E-state index contributed by atoms with van der Waals surface area (Å²) in [6.45, 7) is 8.17. The number of piperazine rings is 1. The summed E-state index contributed by atoms with van der Waals surface area (Å²) in [6, 6.07) is 9.27. The number of anilines is 3. The summed E-state index contributed by atoms with van der Waals surface area (Å²) in [6.07, 6.45) is 4.27. The molecular formula is C22H28N8O2. The lowest BCUT2D eigenvalue weighted by molar-refractivity contribution is -0.383. The van der Waals surface area contributed by atoms with Gasteiger partial charge in [-0.3, -0.25) is 15.0 Å². The second-order valence-electron chi connectivity index (χ2n) is 7.69. The average molecular weight is 437 g/mol. The Hall–Kier alpha value is -3.53. The highest BCUT2D eigenvalue weighted by Gasteiger charge is 2.19. The van der Waals surface area contributed by atoms with Gasteiger partial charge in [-0.15, -0.1) is 0 Å². The predicted octanol–water partition coefficient (Wildman–Crippen LogP) is 2.99. The molecule has 1 fully saturated rings. The van der Waals surface area contributed by atoms with E-state index in [-0.39, 0.29) is 10.6 Å². The summed E-state index contributed by atoms with van der Waals surface area (Å²) < 4.78 is 0. The monoisotopic (exact) mass is 436 g/mol. The fourth-order valence-electron chi connectivity index (χ4n) is 3.97. The molecule has 10 heteroatoms. The molecule has 2 N–H and O–H groups in total. The Bertz CT molecular complexity index is 1050. The first-order chi connectivity index (χ1) is 15.7. The van der Waals surface area contributed by atoms with Gasteiger partial charge in [-0.25, -0.2) is 15.0 Å². The molecule has 1 aliphatic rings. The lowest BCUT2D eigenvalue weighted by atomic mass is 10.1. The highest BCUT2D eigenvalue weighted by molar-refractivity contribution is 5.94. The molecule has 0 saturated carbocycles. The zero-order chi connectivity index (χ0) is 22.3. The van der Waals surface area contributed by atoms with Crippen LogP contribution in [0.5, 0.6) is 0 Å². The summed E-state index contributed by atoms with van der Waals surface area (Å²) in [5.41, 5.74) is 1.18. The number of hydrogen-bond acceptors (Lipinski definition) is 9. The first-order valence-electron chi connectivity index (χ1n) is 10.9. The summed E-state index contributed by atoms with van der Waals surface area (Å²) in [5.74, 6) is 1.66. The standard InChI is InChI=1S/C22H28N8O2/c1-2-23-19-15-18-17(14-20(19)30(31)32)22(27-16-26-18)25-8-5-9-28-10-12-29(13-11-28)21-6-3-4-7-24-21/h3-4,6-7,14-16,23H,2,5,8-13H2,1H3,(H,25,26,27). The van der Waals surface area contributed by atoms with E-state index in [0.717, 1.165) is 51.5 Å². The summed E-state index contributed by atoms with van der Waals surface area (Å²) in [4.78, 5) is 28.9. The Balaban J connectivity index is 1.32. The number of nitro groups is 1. The minimum Gasteiger partial charge on any atom is -0.380 e. The molecule has 0 unspecified atom stereocenters. The zero-order valence-corrected chi connectivity index (χ0v) is 18.2. The number of benzene rings is 1. The predicted molar refractivity (Wildman–Crippen MR) is 126 cm³/mol. The molecule has 3 heterocycles. The fraction of sp³-hybridized carbons (Fsp3) is 0.409. The quantitative estimate of drug-likeness (QED) is 0.297. The van der Waals surface area contributed by atoms with Gasteiger partial charge >= 0.3 is 0 Å². The van der Waals surface area contributed by atoms with E-state index >= 15 is 0 Å². The molecule has 0 atom stereocenters. The van der Waals surface area contributed by atoms with Crippen LogP contribution in [0, 0.1) is 10.1 Å². The van der Waals surface area contributed by atoms with Crippen LogP contribution in [0.2, 0.25) is 0 Å². The Morgan fingerprint density at radius 3 is 2.66 bits per heavy atom. The van der Waals surface area contributed by atoms with Crippen LogP contribution in [-0.2, 0) is 0 Å². The van der Waals surface area contributed by atoms with Crippen molar-refractivity contribution >= 4 is 33.9 Å². The molecule has 4 rings (SSSR count). The first-order valence-corrected chi connectivity index (χ1v) is 10.9. The SMILES string of the molecule is CCNc1cc2ncnc(NCCCN3CCN(c4ccccn4)CC3)c2cc1[N+](=O)[O-]. The minimum atomic E-state index is -0.376. The van der Waals surface area contributed by atoms with Crippen molar-refractivity contribution < 1.29 is 4.92 Å². The van der Waals surface area contributed by atoms with Crippen molar-refractivity contribution in [1.82, 2.24) is 19.9 Å². The van der Waals surface area contributed by atoms with Crippen LogP contribution >= 0.6 is 0 Å². The third-order valence-electron chi connectivity index (χ3n) is 5.61. The maximum atomic E-state index is 11.5. The molecule has 0 radical (unpaired) electrons. The van der Waals surface area contributed by atoms with Crippen molar-refractivity contribution in [3.8, 4) is 0 Å². The van der Waals surface area contributed by atoms with Crippen LogP contribution in [-0.4, -0.2) is 70.6 Å². The highest BCUT2D eigenvalue weighted by atomic mass is 16.6. The third kappa shape index (κ3) is 5.02. The van der Waals surface area contributed by atoms with E-state index in [1.165, 1.54) is 6.33 Å². The normalized spacial score (nSPS) is 14.5. The van der Waals surface area contributed by atoms with Crippen molar-refractivity contribution in [1.29, 1.82) is 0 Å². The van der Waals surface area contributed by atoms with Crippen LogP contribution in [0.25, 0.3) is 10.9 Å². The number of nitrogens with zero attached hydrogens (tertiary/aromatic N) is 6. The molecule has 0 bridgehead atoms. The van der Waals surface area contributed by atoms with E-state index in [4.69, 9.17) is 0 Å². The minimum absolute atomic E-state index is 0.0305. The Morgan fingerprint density at radius 2 is 1.94 bits per heavy atom. The van der Waals surface area contributed by atoms with Gasteiger partial charge in [0.25, 0.3) is 5.69 Å². The third-order valence-corrected chi connectivity index (χ3v) is 5.61. The molecular weight excluding hydrogens is 408 g/mol. The molecule has 1 aromatic carbocycles. The van der Waals surface area contributed by atoms with Crippen molar-refractivity contribution in [2.24, 2.45) is 0 Å². The molecule has 2 aromatic heterocycles. The van der Waals surface area contributed by atoms with Crippen LogP contribution in [0.15, 0.2) is 42.9 Å². The molecule has 0 aliphatic carbocycles. The molecule has 10 nitrogen and oxygen atoms in total. The number of rotatable bonds is 9. The molecule has 3 aromatic rings. The fourth-order valence-corrected chi connectivity index (χ4v) is 3.97. The molecule has 1 aliphatic heterocycles. The van der Waals surface area contributed by atoms with Gasteiger partial charge in [0.2, 0.25) is 0 Å². The van der Waals surface area contributed by atoms with E-state index in [9.17, 15) is 10.1 Å². The lowest BCUT2D eigenvalue weighted by Crippen LogP contribution is -2.47. The number of hydrogen-bond donors (Lipinski definition) is 2. The van der Waals surface area contributed by atoms with Crippen molar-refractivity contribution in [2.45, 2.75) is 13.3 Å². The Kier molecular flexibility index (Phi) is 6.90. The van der Waals surface area contributed by atoms with Gasteiger partial charge in [-0.05, 0) is 38.1 Å². The molecule has 1 saturated heterocycles. The number of nitro benzene ring substituents is 1. The molecule has 0 amide bonds. The van der Waals surface area contributed by atoms with Gasteiger partial charge in [0.1, 0.15) is 23.7 Å². The van der Waals surface area contributed by atoms with Crippen molar-refractivity contribution in [2.75, 3.05) is 61.3 Å². The smallest absolute Gasteiger partial charge is 0.293 e. The average Bonchev–Trinajstić information content (AvgIpc) is 2.82. The zero-order valence-electron chi connectivity index (χ0n) is 18.2. The van der Waals surface area contributed by atoms with Gasteiger partial charge in [-0.2, -0.15) is 0 Å². The topological polar surface area (TPSA) is 112 Å². The molecule has 32 heavy (non-hydrogen) atoms. The van der Waals surface area contributed by atoms with Crippen LogP contribution in [0.1, 0.15) is 13.3 Å². The maximum Gasteiger partial charge on any atom is 0.293 e.